The molecule has 0 atom stereocenters. The minimum absolute atomic E-state index is 0.200. The van der Waals surface area contributed by atoms with Crippen molar-refractivity contribution in [2.75, 3.05) is 0 Å². The number of sulfonamides is 1. The molecule has 0 aliphatic rings. The van der Waals surface area contributed by atoms with Gasteiger partial charge in [-0.3, -0.25) is 0 Å². The number of unbranched alkanes of at least 4 members (excludes halogenated alkanes) is 1. The predicted molar refractivity (Wildman–Crippen MR) is 142 cm³/mol. The molecular formula is C28H31N3O4S. The molecule has 0 saturated carbocycles. The van der Waals surface area contributed by atoms with E-state index < -0.39 is 16.0 Å². The highest BCUT2D eigenvalue weighted by Crippen LogP contribution is 2.26. The van der Waals surface area contributed by atoms with Crippen LogP contribution in [0.3, 0.4) is 0 Å². The second kappa shape index (κ2) is 10.6. The lowest BCUT2D eigenvalue weighted by Crippen LogP contribution is -2.30. The van der Waals surface area contributed by atoms with Crippen molar-refractivity contribution in [2.24, 2.45) is 0 Å². The monoisotopic (exact) mass is 505 g/mol. The Balaban J connectivity index is 1.69. The van der Waals surface area contributed by atoms with Gasteiger partial charge >= 0.3 is 5.97 Å². The number of rotatable bonds is 10. The van der Waals surface area contributed by atoms with Crippen LogP contribution in [0.5, 0.6) is 0 Å². The van der Waals surface area contributed by atoms with Crippen LogP contribution in [-0.4, -0.2) is 35.1 Å². The summed E-state index contributed by atoms with van der Waals surface area (Å²) in [6.45, 7) is 6.29. The number of carboxylic acids is 1. The summed E-state index contributed by atoms with van der Waals surface area (Å²) in [7, 11) is -3.61. The summed E-state index contributed by atoms with van der Waals surface area (Å²) < 4.78 is 30.1. The fourth-order valence-corrected chi connectivity index (χ4v) is 5.57. The van der Waals surface area contributed by atoms with Gasteiger partial charge in [0.15, 0.2) is 0 Å². The number of aromatic carboxylic acids is 1. The Labute approximate surface area is 211 Å². The minimum Gasteiger partial charge on any atom is -0.478 e. The van der Waals surface area contributed by atoms with E-state index in [2.05, 4.69) is 16.2 Å². The summed E-state index contributed by atoms with van der Waals surface area (Å²) in [6.07, 6.45) is 2.80. The van der Waals surface area contributed by atoms with Crippen molar-refractivity contribution in [1.29, 1.82) is 0 Å². The van der Waals surface area contributed by atoms with E-state index >= 15 is 0 Å². The second-order valence-electron chi connectivity index (χ2n) is 9.19. The summed E-state index contributed by atoms with van der Waals surface area (Å²) in [5.41, 5.74) is 4.36. The number of nitrogens with one attached hydrogen (secondary N) is 1. The molecule has 7 nitrogen and oxygen atoms in total. The average Bonchev–Trinajstić information content (AvgIpc) is 3.18. The SMILES string of the molecule is CCCCc1nc2cc(S(=O)(=O)NC(C)C)ccc2n1Cc1ccc(-c2ccccc2C(=O)O)cc1. The number of aromatic nitrogens is 2. The Kier molecular flexibility index (Phi) is 7.56. The zero-order valence-corrected chi connectivity index (χ0v) is 21.5. The molecule has 0 spiro atoms. The summed E-state index contributed by atoms with van der Waals surface area (Å²) in [4.78, 5) is 16.6. The summed E-state index contributed by atoms with van der Waals surface area (Å²) in [5.74, 6) is -0.0383. The quantitative estimate of drug-likeness (QED) is 0.297. The van der Waals surface area contributed by atoms with Crippen LogP contribution in [0.15, 0.2) is 71.6 Å². The first kappa shape index (κ1) is 25.6. The number of aryl methyl sites for hydroxylation is 1. The van der Waals surface area contributed by atoms with Crippen LogP contribution in [0.25, 0.3) is 22.2 Å². The first-order valence-corrected chi connectivity index (χ1v) is 13.6. The highest BCUT2D eigenvalue weighted by atomic mass is 32.2. The molecule has 0 radical (unpaired) electrons. The molecule has 0 fully saturated rings. The molecule has 0 bridgehead atoms. The van der Waals surface area contributed by atoms with Crippen molar-refractivity contribution in [3.05, 3.63) is 83.7 Å². The van der Waals surface area contributed by atoms with Gasteiger partial charge in [0, 0.05) is 19.0 Å². The largest absolute Gasteiger partial charge is 0.478 e. The summed E-state index contributed by atoms with van der Waals surface area (Å²) in [6, 6.07) is 19.7. The van der Waals surface area contributed by atoms with Gasteiger partial charge in [0.1, 0.15) is 5.82 Å². The lowest BCUT2D eigenvalue weighted by molar-refractivity contribution is 0.0697. The molecule has 0 saturated heterocycles. The van der Waals surface area contributed by atoms with Gasteiger partial charge < -0.3 is 9.67 Å². The maximum Gasteiger partial charge on any atom is 0.336 e. The van der Waals surface area contributed by atoms with Gasteiger partial charge in [-0.15, -0.1) is 0 Å². The molecule has 3 aromatic carbocycles. The normalized spacial score (nSPS) is 11.9. The van der Waals surface area contributed by atoms with Crippen LogP contribution in [0.2, 0.25) is 0 Å². The molecule has 4 rings (SSSR count). The number of carboxylic acid groups (broad SMARTS) is 1. The van der Waals surface area contributed by atoms with E-state index in [0.717, 1.165) is 41.7 Å². The Morgan fingerprint density at radius 3 is 2.44 bits per heavy atom. The average molecular weight is 506 g/mol. The van der Waals surface area contributed by atoms with Gasteiger partial charge in [0.25, 0.3) is 0 Å². The Hall–Kier alpha value is -3.49. The molecule has 4 aromatic rings. The third-order valence-electron chi connectivity index (χ3n) is 6.02. The van der Waals surface area contributed by atoms with Crippen LogP contribution in [0.4, 0.5) is 0 Å². The second-order valence-corrected chi connectivity index (χ2v) is 10.9. The highest BCUT2D eigenvalue weighted by Gasteiger charge is 2.19. The van der Waals surface area contributed by atoms with Crippen LogP contribution in [0.1, 0.15) is 55.4 Å². The van der Waals surface area contributed by atoms with E-state index in [9.17, 15) is 18.3 Å². The van der Waals surface area contributed by atoms with Gasteiger partial charge in [-0.1, -0.05) is 55.8 Å². The number of nitrogens with zero attached hydrogens (tertiary/aromatic N) is 2. The van der Waals surface area contributed by atoms with Crippen molar-refractivity contribution in [3.8, 4) is 11.1 Å². The van der Waals surface area contributed by atoms with Gasteiger partial charge in [0.05, 0.1) is 21.5 Å². The van der Waals surface area contributed by atoms with Crippen molar-refractivity contribution in [2.45, 2.75) is 57.5 Å². The number of fused-ring (bicyclic) bond motifs is 1. The van der Waals surface area contributed by atoms with Gasteiger partial charge in [-0.05, 0) is 61.2 Å². The minimum atomic E-state index is -3.61. The zero-order valence-electron chi connectivity index (χ0n) is 20.7. The lowest BCUT2D eigenvalue weighted by atomic mass is 9.99. The first-order valence-electron chi connectivity index (χ1n) is 12.1. The lowest BCUT2D eigenvalue weighted by Gasteiger charge is -2.12. The van der Waals surface area contributed by atoms with Crippen molar-refractivity contribution in [3.63, 3.8) is 0 Å². The Morgan fingerprint density at radius 2 is 1.78 bits per heavy atom. The van der Waals surface area contributed by atoms with Crippen LogP contribution < -0.4 is 4.72 Å². The maximum absolute atomic E-state index is 12.7. The van der Waals surface area contributed by atoms with Crippen LogP contribution in [0, 0.1) is 0 Å². The number of hydrogen-bond donors (Lipinski definition) is 2. The maximum atomic E-state index is 12.7. The van der Waals surface area contributed by atoms with Gasteiger partial charge in [-0.2, -0.15) is 0 Å². The molecule has 0 aliphatic carbocycles. The smallest absolute Gasteiger partial charge is 0.336 e. The van der Waals surface area contributed by atoms with E-state index in [1.54, 1.807) is 38.1 Å². The third kappa shape index (κ3) is 5.50. The number of carbonyl (C=O) groups is 1. The Morgan fingerprint density at radius 1 is 1.06 bits per heavy atom. The molecule has 0 aliphatic heterocycles. The summed E-state index contributed by atoms with van der Waals surface area (Å²) in [5, 5.41) is 9.52. The van der Waals surface area contributed by atoms with Crippen molar-refractivity contribution >= 4 is 27.0 Å². The first-order chi connectivity index (χ1) is 17.2. The standard InChI is InChI=1S/C28H31N3O4S/c1-4-5-10-27-29-25-17-22(36(34,35)30-19(2)3)15-16-26(25)31(27)18-20-11-13-21(14-12-20)23-8-6-7-9-24(23)28(32)33/h6-9,11-17,19,30H,4-5,10,18H2,1-3H3,(H,32,33). The summed E-state index contributed by atoms with van der Waals surface area (Å²) >= 11 is 0. The number of imidazole rings is 1. The molecule has 188 valence electrons. The van der Waals surface area contributed by atoms with Crippen molar-refractivity contribution < 1.29 is 18.3 Å². The fraction of sp³-hybridized carbons (Fsp3) is 0.286. The predicted octanol–water partition coefficient (Wildman–Crippen LogP) is 5.48. The van der Waals surface area contributed by atoms with E-state index in [-0.39, 0.29) is 16.5 Å². The molecule has 0 amide bonds. The van der Waals surface area contributed by atoms with E-state index in [1.165, 1.54) is 0 Å². The Bertz CT molecular complexity index is 1490. The van der Waals surface area contributed by atoms with E-state index in [4.69, 9.17) is 4.98 Å². The molecule has 2 N–H and O–H groups in total. The van der Waals surface area contributed by atoms with Gasteiger partial charge in [0.2, 0.25) is 10.0 Å². The molecule has 0 unspecified atom stereocenters. The number of hydrogen-bond acceptors (Lipinski definition) is 4. The third-order valence-corrected chi connectivity index (χ3v) is 7.67. The molecular weight excluding hydrogens is 474 g/mol. The van der Waals surface area contributed by atoms with Crippen molar-refractivity contribution in [1.82, 2.24) is 14.3 Å². The number of benzene rings is 3. The molecule has 8 heteroatoms. The van der Waals surface area contributed by atoms with Gasteiger partial charge in [-0.25, -0.2) is 22.9 Å². The van der Waals surface area contributed by atoms with E-state index in [0.29, 0.717) is 17.6 Å². The molecule has 1 heterocycles. The van der Waals surface area contributed by atoms with Crippen LogP contribution in [-0.2, 0) is 23.0 Å². The molecule has 1 aromatic heterocycles. The highest BCUT2D eigenvalue weighted by molar-refractivity contribution is 7.89. The van der Waals surface area contributed by atoms with Crippen LogP contribution >= 0.6 is 0 Å². The topological polar surface area (TPSA) is 101 Å². The zero-order chi connectivity index (χ0) is 25.9. The fourth-order valence-electron chi connectivity index (χ4n) is 4.30. The van der Waals surface area contributed by atoms with E-state index in [1.807, 2.05) is 42.5 Å². The molecule has 36 heavy (non-hydrogen) atoms.